The molecule has 0 amide bonds. The third-order valence-electron chi connectivity index (χ3n) is 2.58. The van der Waals surface area contributed by atoms with Gasteiger partial charge in [-0.25, -0.2) is 0 Å². The number of fused-ring (bicyclic) bond motifs is 1. The van der Waals surface area contributed by atoms with Crippen molar-refractivity contribution in [2.75, 3.05) is 0 Å². The lowest BCUT2D eigenvalue weighted by atomic mass is 10.0. The van der Waals surface area contributed by atoms with Crippen LogP contribution in [0.25, 0.3) is 0 Å². The Morgan fingerprint density at radius 1 is 1.50 bits per heavy atom. The number of phenolic OH excluding ortho intramolecular Hbond substituents is 1. The van der Waals surface area contributed by atoms with E-state index in [2.05, 4.69) is 0 Å². The van der Waals surface area contributed by atoms with Gasteiger partial charge in [0.2, 0.25) is 0 Å². The average molecular weight is 163 g/mol. The van der Waals surface area contributed by atoms with Crippen molar-refractivity contribution < 1.29 is 5.11 Å². The standard InChI is InChI=1S/C10H13NO/c1-6-4-8-7(5-10(6)12)2-3-9(8)11/h4-5,9,12H,2-3,11H2,1H3/t9-/m1/s1. The van der Waals surface area contributed by atoms with Crippen molar-refractivity contribution in [2.24, 2.45) is 5.73 Å². The van der Waals surface area contributed by atoms with Crippen molar-refractivity contribution in [3.05, 3.63) is 28.8 Å². The van der Waals surface area contributed by atoms with Gasteiger partial charge in [-0.2, -0.15) is 0 Å². The molecular formula is C10H13NO. The van der Waals surface area contributed by atoms with E-state index in [1.165, 1.54) is 11.1 Å². The first-order valence-electron chi connectivity index (χ1n) is 4.26. The number of aromatic hydroxyl groups is 1. The second-order valence-corrected chi connectivity index (χ2v) is 3.48. The molecule has 0 radical (unpaired) electrons. The molecule has 0 aliphatic heterocycles. The second kappa shape index (κ2) is 2.49. The Bertz CT molecular complexity index is 320. The van der Waals surface area contributed by atoms with E-state index in [0.29, 0.717) is 5.75 Å². The Hall–Kier alpha value is -1.02. The van der Waals surface area contributed by atoms with Crippen LogP contribution in [0.4, 0.5) is 0 Å². The van der Waals surface area contributed by atoms with Gasteiger partial charge in [0.05, 0.1) is 0 Å². The van der Waals surface area contributed by atoms with Gasteiger partial charge in [-0.1, -0.05) is 6.07 Å². The highest BCUT2D eigenvalue weighted by atomic mass is 16.3. The van der Waals surface area contributed by atoms with Gasteiger partial charge in [0, 0.05) is 6.04 Å². The van der Waals surface area contributed by atoms with Gasteiger partial charge in [0.25, 0.3) is 0 Å². The summed E-state index contributed by atoms with van der Waals surface area (Å²) >= 11 is 0. The van der Waals surface area contributed by atoms with Crippen LogP contribution in [-0.4, -0.2) is 5.11 Å². The highest BCUT2D eigenvalue weighted by molar-refractivity contribution is 5.44. The summed E-state index contributed by atoms with van der Waals surface area (Å²) in [6, 6.07) is 4.03. The number of rotatable bonds is 0. The van der Waals surface area contributed by atoms with Gasteiger partial charge in [-0.15, -0.1) is 0 Å². The molecule has 12 heavy (non-hydrogen) atoms. The monoisotopic (exact) mass is 163 g/mol. The van der Waals surface area contributed by atoms with Crippen LogP contribution in [0.15, 0.2) is 12.1 Å². The summed E-state index contributed by atoms with van der Waals surface area (Å²) in [5, 5.41) is 9.43. The highest BCUT2D eigenvalue weighted by Gasteiger charge is 2.19. The third-order valence-corrected chi connectivity index (χ3v) is 2.58. The average Bonchev–Trinajstić information content (AvgIpc) is 2.35. The van der Waals surface area contributed by atoms with Crippen LogP contribution in [0.1, 0.15) is 29.2 Å². The lowest BCUT2D eigenvalue weighted by Gasteiger charge is -2.06. The third kappa shape index (κ3) is 0.994. The smallest absolute Gasteiger partial charge is 0.118 e. The first-order valence-corrected chi connectivity index (χ1v) is 4.26. The van der Waals surface area contributed by atoms with Gasteiger partial charge >= 0.3 is 0 Å². The van der Waals surface area contributed by atoms with E-state index in [1.807, 2.05) is 19.1 Å². The normalized spacial score (nSPS) is 21.0. The lowest BCUT2D eigenvalue weighted by Crippen LogP contribution is -2.05. The maximum atomic E-state index is 9.43. The Kier molecular flexibility index (Phi) is 1.58. The van der Waals surface area contributed by atoms with Crippen molar-refractivity contribution in [2.45, 2.75) is 25.8 Å². The molecule has 0 spiro atoms. The van der Waals surface area contributed by atoms with Crippen molar-refractivity contribution in [3.8, 4) is 5.75 Å². The highest BCUT2D eigenvalue weighted by Crippen LogP contribution is 2.33. The quantitative estimate of drug-likeness (QED) is 0.610. The fourth-order valence-corrected chi connectivity index (χ4v) is 1.79. The van der Waals surface area contributed by atoms with Crippen LogP contribution in [0.5, 0.6) is 5.75 Å². The van der Waals surface area contributed by atoms with E-state index in [4.69, 9.17) is 5.73 Å². The number of hydrogen-bond donors (Lipinski definition) is 2. The van der Waals surface area contributed by atoms with Crippen molar-refractivity contribution in [3.63, 3.8) is 0 Å². The van der Waals surface area contributed by atoms with Gasteiger partial charge < -0.3 is 10.8 Å². The van der Waals surface area contributed by atoms with Gasteiger partial charge in [-0.05, 0) is 42.5 Å². The number of hydrogen-bond acceptors (Lipinski definition) is 2. The Balaban J connectivity index is 2.56. The Morgan fingerprint density at radius 3 is 3.00 bits per heavy atom. The SMILES string of the molecule is Cc1cc2c(cc1O)CC[C@H]2N. The molecule has 2 heteroatoms. The maximum Gasteiger partial charge on any atom is 0.118 e. The summed E-state index contributed by atoms with van der Waals surface area (Å²) in [6.45, 7) is 1.90. The molecule has 1 aromatic carbocycles. The first kappa shape index (κ1) is 7.62. The van der Waals surface area contributed by atoms with E-state index in [-0.39, 0.29) is 6.04 Å². The molecule has 0 bridgehead atoms. The molecule has 1 atom stereocenters. The number of benzene rings is 1. The lowest BCUT2D eigenvalue weighted by molar-refractivity contribution is 0.470. The molecule has 3 N–H and O–H groups in total. The topological polar surface area (TPSA) is 46.2 Å². The van der Waals surface area contributed by atoms with Crippen LogP contribution in [0, 0.1) is 6.92 Å². The molecule has 64 valence electrons. The molecule has 1 aliphatic rings. The predicted molar refractivity (Wildman–Crippen MR) is 48.1 cm³/mol. The summed E-state index contributed by atoms with van der Waals surface area (Å²) in [7, 11) is 0. The zero-order valence-corrected chi connectivity index (χ0v) is 7.17. The largest absolute Gasteiger partial charge is 0.508 e. The molecular weight excluding hydrogens is 150 g/mol. The molecule has 1 aliphatic carbocycles. The maximum absolute atomic E-state index is 9.43. The molecule has 0 aromatic heterocycles. The van der Waals surface area contributed by atoms with Gasteiger partial charge in [0.1, 0.15) is 5.75 Å². The Labute approximate surface area is 72.0 Å². The van der Waals surface area contributed by atoms with Crippen molar-refractivity contribution >= 4 is 0 Å². The summed E-state index contributed by atoms with van der Waals surface area (Å²) < 4.78 is 0. The molecule has 1 aromatic rings. The fraction of sp³-hybridized carbons (Fsp3) is 0.400. The molecule has 2 rings (SSSR count). The van der Waals surface area contributed by atoms with Crippen LogP contribution in [-0.2, 0) is 6.42 Å². The minimum absolute atomic E-state index is 0.180. The summed E-state index contributed by atoms with van der Waals surface area (Å²) in [5.41, 5.74) is 9.23. The van der Waals surface area contributed by atoms with E-state index in [0.717, 1.165) is 18.4 Å². The Morgan fingerprint density at radius 2 is 2.25 bits per heavy atom. The van der Waals surface area contributed by atoms with E-state index < -0.39 is 0 Å². The molecule has 0 saturated carbocycles. The molecule has 0 heterocycles. The van der Waals surface area contributed by atoms with E-state index >= 15 is 0 Å². The van der Waals surface area contributed by atoms with Crippen molar-refractivity contribution in [1.29, 1.82) is 0 Å². The zero-order chi connectivity index (χ0) is 8.72. The second-order valence-electron chi connectivity index (χ2n) is 3.48. The molecule has 0 unspecified atom stereocenters. The molecule has 0 saturated heterocycles. The molecule has 0 fully saturated rings. The minimum Gasteiger partial charge on any atom is -0.508 e. The van der Waals surface area contributed by atoms with Crippen LogP contribution >= 0.6 is 0 Å². The summed E-state index contributed by atoms with van der Waals surface area (Å²) in [6.07, 6.45) is 2.02. The number of aryl methyl sites for hydroxylation is 2. The predicted octanol–water partition coefficient (Wildman–Crippen LogP) is 1.65. The zero-order valence-electron chi connectivity index (χ0n) is 7.17. The summed E-state index contributed by atoms with van der Waals surface area (Å²) in [5.74, 6) is 0.392. The molecule has 2 nitrogen and oxygen atoms in total. The van der Waals surface area contributed by atoms with E-state index in [9.17, 15) is 5.11 Å². The first-order chi connectivity index (χ1) is 5.68. The fourth-order valence-electron chi connectivity index (χ4n) is 1.79. The van der Waals surface area contributed by atoms with Crippen LogP contribution in [0.3, 0.4) is 0 Å². The summed E-state index contributed by atoms with van der Waals surface area (Å²) in [4.78, 5) is 0. The van der Waals surface area contributed by atoms with Crippen LogP contribution in [0.2, 0.25) is 0 Å². The van der Waals surface area contributed by atoms with E-state index in [1.54, 1.807) is 0 Å². The number of nitrogens with two attached hydrogens (primary N) is 1. The van der Waals surface area contributed by atoms with Gasteiger partial charge in [-0.3, -0.25) is 0 Å². The minimum atomic E-state index is 0.180. The van der Waals surface area contributed by atoms with Gasteiger partial charge in [0.15, 0.2) is 0 Å². The van der Waals surface area contributed by atoms with Crippen molar-refractivity contribution in [1.82, 2.24) is 0 Å². The number of phenols is 1. The van der Waals surface area contributed by atoms with Crippen LogP contribution < -0.4 is 5.73 Å².